The zero-order valence-electron chi connectivity index (χ0n) is 10.1. The molecule has 0 radical (unpaired) electrons. The topological polar surface area (TPSA) is 37.3 Å². The van der Waals surface area contributed by atoms with Crippen molar-refractivity contribution >= 4 is 5.78 Å². The first-order chi connectivity index (χ1) is 6.30. The van der Waals surface area contributed by atoms with Gasteiger partial charge in [0.25, 0.3) is 0 Å². The Morgan fingerprint density at radius 2 is 1.86 bits per heavy atom. The lowest BCUT2D eigenvalue weighted by Crippen LogP contribution is -2.34. The van der Waals surface area contributed by atoms with E-state index in [9.17, 15) is 9.90 Å². The molecule has 0 aromatic rings. The molecule has 1 N–H and O–H groups in total. The van der Waals surface area contributed by atoms with Gasteiger partial charge in [0.05, 0.1) is 6.10 Å². The Bertz CT molecular complexity index is 179. The van der Waals surface area contributed by atoms with Gasteiger partial charge in [-0.25, -0.2) is 0 Å². The lowest BCUT2D eigenvalue weighted by molar-refractivity contribution is -0.133. The Hall–Kier alpha value is -0.370. The molecule has 0 aliphatic rings. The molecule has 0 aromatic carbocycles. The molecule has 14 heavy (non-hydrogen) atoms. The van der Waals surface area contributed by atoms with Crippen LogP contribution in [0.4, 0.5) is 0 Å². The van der Waals surface area contributed by atoms with Gasteiger partial charge in [0.1, 0.15) is 5.78 Å². The van der Waals surface area contributed by atoms with Gasteiger partial charge in [-0.2, -0.15) is 0 Å². The van der Waals surface area contributed by atoms with Gasteiger partial charge in [0, 0.05) is 11.3 Å². The molecule has 2 atom stereocenters. The Morgan fingerprint density at radius 1 is 1.36 bits per heavy atom. The highest BCUT2D eigenvalue weighted by atomic mass is 16.3. The van der Waals surface area contributed by atoms with E-state index >= 15 is 0 Å². The summed E-state index contributed by atoms with van der Waals surface area (Å²) in [7, 11) is 0. The second-order valence-electron chi connectivity index (χ2n) is 5.11. The Morgan fingerprint density at radius 3 is 2.21 bits per heavy atom. The summed E-state index contributed by atoms with van der Waals surface area (Å²) >= 11 is 0. The molecule has 84 valence electrons. The van der Waals surface area contributed by atoms with Crippen LogP contribution in [0.5, 0.6) is 0 Å². The van der Waals surface area contributed by atoms with Gasteiger partial charge in [-0.3, -0.25) is 4.79 Å². The van der Waals surface area contributed by atoms with Crippen molar-refractivity contribution in [3.8, 4) is 0 Å². The molecular weight excluding hydrogens is 176 g/mol. The number of carbonyl (C=O) groups excluding carboxylic acids is 1. The molecule has 2 heteroatoms. The van der Waals surface area contributed by atoms with Crippen molar-refractivity contribution in [2.75, 3.05) is 0 Å². The number of hydrogen-bond acceptors (Lipinski definition) is 2. The Kier molecular flexibility index (Phi) is 5.35. The molecular formula is C12H24O2. The van der Waals surface area contributed by atoms with E-state index in [0.717, 1.165) is 19.3 Å². The zero-order valence-corrected chi connectivity index (χ0v) is 10.1. The van der Waals surface area contributed by atoms with Crippen molar-refractivity contribution < 1.29 is 9.90 Å². The number of carbonyl (C=O) groups is 1. The van der Waals surface area contributed by atoms with Crippen molar-refractivity contribution in [2.24, 2.45) is 11.3 Å². The van der Waals surface area contributed by atoms with E-state index in [4.69, 9.17) is 0 Å². The van der Waals surface area contributed by atoms with Crippen LogP contribution in [0.15, 0.2) is 0 Å². The van der Waals surface area contributed by atoms with Crippen LogP contribution in [0.25, 0.3) is 0 Å². The first-order valence-electron chi connectivity index (χ1n) is 5.53. The molecule has 0 heterocycles. The second kappa shape index (κ2) is 5.50. The maximum atomic E-state index is 11.8. The van der Waals surface area contributed by atoms with E-state index in [2.05, 4.69) is 6.92 Å². The smallest absolute Gasteiger partial charge is 0.143 e. The molecule has 0 aliphatic heterocycles. The summed E-state index contributed by atoms with van der Waals surface area (Å²) in [4.78, 5) is 11.8. The zero-order chi connectivity index (χ0) is 11.4. The number of ketones is 1. The minimum atomic E-state index is -0.471. The molecule has 0 saturated heterocycles. The molecule has 2 nitrogen and oxygen atoms in total. The van der Waals surface area contributed by atoms with E-state index in [0.29, 0.717) is 0 Å². The number of hydrogen-bond donors (Lipinski definition) is 1. The normalized spacial score (nSPS) is 16.4. The maximum absolute atomic E-state index is 11.8. The van der Waals surface area contributed by atoms with Crippen molar-refractivity contribution in [3.05, 3.63) is 0 Å². The van der Waals surface area contributed by atoms with Gasteiger partial charge >= 0.3 is 0 Å². The van der Waals surface area contributed by atoms with Crippen LogP contribution in [0, 0.1) is 11.3 Å². The van der Waals surface area contributed by atoms with Gasteiger partial charge in [-0.05, 0) is 6.42 Å². The monoisotopic (exact) mass is 200 g/mol. The Balaban J connectivity index is 4.18. The van der Waals surface area contributed by atoms with Crippen LogP contribution < -0.4 is 0 Å². The fourth-order valence-corrected chi connectivity index (χ4v) is 1.52. The molecule has 0 spiro atoms. The largest absolute Gasteiger partial charge is 0.392 e. The molecule has 0 aliphatic carbocycles. The molecule has 0 unspecified atom stereocenters. The fourth-order valence-electron chi connectivity index (χ4n) is 1.52. The average Bonchev–Trinajstić information content (AvgIpc) is 2.10. The summed E-state index contributed by atoms with van der Waals surface area (Å²) in [6.07, 6.45) is 2.32. The molecule has 0 saturated carbocycles. The number of rotatable bonds is 5. The third-order valence-corrected chi connectivity index (χ3v) is 2.58. The van der Waals surface area contributed by atoms with E-state index in [1.165, 1.54) is 0 Å². The standard InChI is InChI=1S/C12H24O2/c1-6-7-8-10(13)9(2)11(14)12(3,4)5/h9-10,13H,6-8H2,1-5H3/t9-,10+/m1/s1. The maximum Gasteiger partial charge on any atom is 0.143 e. The molecule has 0 fully saturated rings. The first-order valence-corrected chi connectivity index (χ1v) is 5.53. The van der Waals surface area contributed by atoms with Crippen LogP contribution in [-0.4, -0.2) is 17.0 Å². The third kappa shape index (κ3) is 4.23. The van der Waals surface area contributed by atoms with Crippen LogP contribution in [0.3, 0.4) is 0 Å². The fraction of sp³-hybridized carbons (Fsp3) is 0.917. The van der Waals surface area contributed by atoms with Gasteiger partial charge in [0.15, 0.2) is 0 Å². The minimum absolute atomic E-state index is 0.154. The second-order valence-corrected chi connectivity index (χ2v) is 5.11. The minimum Gasteiger partial charge on any atom is -0.392 e. The summed E-state index contributed by atoms with van der Waals surface area (Å²) in [5.74, 6) is -0.0809. The number of aliphatic hydroxyl groups is 1. The van der Waals surface area contributed by atoms with Crippen molar-refractivity contribution in [3.63, 3.8) is 0 Å². The van der Waals surface area contributed by atoms with E-state index in [-0.39, 0.29) is 17.1 Å². The number of aliphatic hydroxyl groups excluding tert-OH is 1. The van der Waals surface area contributed by atoms with Crippen molar-refractivity contribution in [2.45, 2.75) is 60.0 Å². The summed E-state index contributed by atoms with van der Waals surface area (Å²) < 4.78 is 0. The third-order valence-electron chi connectivity index (χ3n) is 2.58. The molecule has 0 rings (SSSR count). The van der Waals surface area contributed by atoms with Gasteiger partial charge < -0.3 is 5.11 Å². The number of unbranched alkanes of at least 4 members (excludes halogenated alkanes) is 1. The van der Waals surface area contributed by atoms with Gasteiger partial charge in [0.2, 0.25) is 0 Å². The summed E-state index contributed by atoms with van der Waals surface area (Å²) in [5.41, 5.74) is -0.341. The summed E-state index contributed by atoms with van der Waals surface area (Å²) in [6.45, 7) is 9.62. The predicted octanol–water partition coefficient (Wildman–Crippen LogP) is 2.79. The molecule has 0 bridgehead atoms. The lowest BCUT2D eigenvalue weighted by Gasteiger charge is -2.25. The highest BCUT2D eigenvalue weighted by molar-refractivity contribution is 5.86. The van der Waals surface area contributed by atoms with Crippen LogP contribution >= 0.6 is 0 Å². The summed E-state index contributed by atoms with van der Waals surface area (Å²) in [6, 6.07) is 0. The van der Waals surface area contributed by atoms with E-state index in [1.54, 1.807) is 0 Å². The van der Waals surface area contributed by atoms with Crippen molar-refractivity contribution in [1.29, 1.82) is 0 Å². The summed E-state index contributed by atoms with van der Waals surface area (Å²) in [5, 5.41) is 9.76. The highest BCUT2D eigenvalue weighted by Crippen LogP contribution is 2.23. The first kappa shape index (κ1) is 13.6. The number of Topliss-reactive ketones (excluding diaryl/α,β-unsaturated/α-hetero) is 1. The highest BCUT2D eigenvalue weighted by Gasteiger charge is 2.30. The van der Waals surface area contributed by atoms with Gasteiger partial charge in [-0.1, -0.05) is 47.5 Å². The van der Waals surface area contributed by atoms with Gasteiger partial charge in [-0.15, -0.1) is 0 Å². The lowest BCUT2D eigenvalue weighted by atomic mass is 9.80. The van der Waals surface area contributed by atoms with Crippen LogP contribution in [0.2, 0.25) is 0 Å². The van der Waals surface area contributed by atoms with Crippen LogP contribution in [0.1, 0.15) is 53.9 Å². The molecule has 0 aromatic heterocycles. The van der Waals surface area contributed by atoms with E-state index < -0.39 is 6.10 Å². The SMILES string of the molecule is CCCC[C@H](O)[C@@H](C)C(=O)C(C)(C)C. The predicted molar refractivity (Wildman–Crippen MR) is 59.2 cm³/mol. The average molecular weight is 200 g/mol. The van der Waals surface area contributed by atoms with Crippen LogP contribution in [-0.2, 0) is 4.79 Å². The van der Waals surface area contributed by atoms with Crippen molar-refractivity contribution in [1.82, 2.24) is 0 Å². The van der Waals surface area contributed by atoms with E-state index in [1.807, 2.05) is 27.7 Å². The quantitative estimate of drug-likeness (QED) is 0.741. The molecule has 0 amide bonds. The Labute approximate surface area is 87.7 Å².